The Kier molecular flexibility index (Phi) is 6.00. The van der Waals surface area contributed by atoms with Gasteiger partial charge < -0.3 is 10.1 Å². The van der Waals surface area contributed by atoms with E-state index in [-0.39, 0.29) is 5.75 Å². The standard InChI is InChI=1S/C9H6F3NO4S.C4H11N/c1-17-4-2-5(9(10,11)12)7-6(3-4)18(15,16)13-8(7)14;1-3-5-4-2/h2-3H,1H3,(H,13,14);5H,3-4H2,1-2H3. The van der Waals surface area contributed by atoms with Gasteiger partial charge in [-0.15, -0.1) is 0 Å². The molecule has 1 aromatic carbocycles. The molecule has 0 unspecified atom stereocenters. The lowest BCUT2D eigenvalue weighted by Gasteiger charge is -2.11. The van der Waals surface area contributed by atoms with E-state index in [1.807, 2.05) is 0 Å². The highest BCUT2D eigenvalue weighted by atomic mass is 32.2. The predicted molar refractivity (Wildman–Crippen MR) is 76.9 cm³/mol. The SMILES string of the molecule is CCNCC.COc1cc(C(F)(F)F)c2c(c1)S(=O)(=O)NC2=O. The monoisotopic (exact) mass is 354 g/mol. The molecule has 1 amide bonds. The highest BCUT2D eigenvalue weighted by Crippen LogP contribution is 2.39. The molecule has 2 N–H and O–H groups in total. The molecule has 0 aliphatic carbocycles. The van der Waals surface area contributed by atoms with Crippen LogP contribution in [0.15, 0.2) is 17.0 Å². The number of alkyl halides is 3. The Morgan fingerprint density at radius 2 is 1.78 bits per heavy atom. The van der Waals surface area contributed by atoms with E-state index in [4.69, 9.17) is 0 Å². The number of methoxy groups -OCH3 is 1. The van der Waals surface area contributed by atoms with Crippen molar-refractivity contribution in [2.75, 3.05) is 20.2 Å². The molecule has 10 heteroatoms. The van der Waals surface area contributed by atoms with E-state index in [1.165, 1.54) is 4.72 Å². The molecule has 1 aliphatic heterocycles. The average molecular weight is 354 g/mol. The van der Waals surface area contributed by atoms with Gasteiger partial charge in [0.05, 0.1) is 18.2 Å². The number of benzene rings is 1. The smallest absolute Gasteiger partial charge is 0.417 e. The molecular formula is C13H17F3N2O4S. The first-order valence-corrected chi connectivity index (χ1v) is 8.13. The molecule has 0 fully saturated rings. The zero-order valence-corrected chi connectivity index (χ0v) is 13.6. The van der Waals surface area contributed by atoms with Crippen LogP contribution in [0.1, 0.15) is 29.8 Å². The molecule has 0 saturated heterocycles. The van der Waals surface area contributed by atoms with Crippen molar-refractivity contribution >= 4 is 15.9 Å². The summed E-state index contributed by atoms with van der Waals surface area (Å²) in [7, 11) is -3.15. The first-order valence-electron chi connectivity index (χ1n) is 6.65. The third-order valence-electron chi connectivity index (χ3n) is 2.86. The highest BCUT2D eigenvalue weighted by Gasteiger charge is 2.43. The normalized spacial score (nSPS) is 15.3. The fourth-order valence-corrected chi connectivity index (χ4v) is 3.05. The second-order valence-electron chi connectivity index (χ2n) is 4.44. The minimum absolute atomic E-state index is 0.291. The fraction of sp³-hybridized carbons (Fsp3) is 0.462. The maximum Gasteiger partial charge on any atom is 0.417 e. The summed E-state index contributed by atoms with van der Waals surface area (Å²) in [5.74, 6) is -1.58. The van der Waals surface area contributed by atoms with Crippen molar-refractivity contribution in [2.45, 2.75) is 24.9 Å². The number of hydrogen-bond donors (Lipinski definition) is 2. The Bertz CT molecular complexity index is 685. The first-order chi connectivity index (χ1) is 10.6. The van der Waals surface area contributed by atoms with Crippen molar-refractivity contribution < 1.29 is 31.1 Å². The van der Waals surface area contributed by atoms with Crippen LogP contribution in [-0.2, 0) is 16.2 Å². The minimum atomic E-state index is -4.85. The number of rotatable bonds is 3. The van der Waals surface area contributed by atoms with Gasteiger partial charge in [-0.1, -0.05) is 13.8 Å². The fourth-order valence-electron chi connectivity index (χ4n) is 1.86. The van der Waals surface area contributed by atoms with Crippen LogP contribution in [0.4, 0.5) is 13.2 Å². The number of sulfonamides is 1. The molecule has 0 bridgehead atoms. The lowest BCUT2D eigenvalue weighted by Crippen LogP contribution is -2.21. The molecule has 0 aromatic heterocycles. The number of carbonyl (C=O) groups is 1. The summed E-state index contributed by atoms with van der Waals surface area (Å²) in [6, 6.07) is 1.46. The second-order valence-corrected chi connectivity index (χ2v) is 6.09. The van der Waals surface area contributed by atoms with Gasteiger partial charge in [-0.3, -0.25) is 4.79 Å². The van der Waals surface area contributed by atoms with Crippen molar-refractivity contribution in [1.29, 1.82) is 0 Å². The van der Waals surface area contributed by atoms with Crippen LogP contribution in [0.25, 0.3) is 0 Å². The van der Waals surface area contributed by atoms with Crippen LogP contribution in [0.5, 0.6) is 5.75 Å². The molecule has 2 rings (SSSR count). The molecule has 130 valence electrons. The van der Waals surface area contributed by atoms with Gasteiger partial charge in [0.15, 0.2) is 0 Å². The Labute approximate surface area is 132 Å². The van der Waals surface area contributed by atoms with E-state index < -0.39 is 38.1 Å². The minimum Gasteiger partial charge on any atom is -0.497 e. The second kappa shape index (κ2) is 7.18. The van der Waals surface area contributed by atoms with Gasteiger partial charge in [0.1, 0.15) is 10.6 Å². The van der Waals surface area contributed by atoms with E-state index in [0.29, 0.717) is 6.07 Å². The summed E-state index contributed by atoms with van der Waals surface area (Å²) < 4.78 is 67.3. The van der Waals surface area contributed by atoms with Crippen LogP contribution in [0.3, 0.4) is 0 Å². The Hall–Kier alpha value is -1.81. The van der Waals surface area contributed by atoms with Gasteiger partial charge in [-0.25, -0.2) is 13.1 Å². The van der Waals surface area contributed by atoms with E-state index >= 15 is 0 Å². The average Bonchev–Trinajstić information content (AvgIpc) is 2.68. The van der Waals surface area contributed by atoms with Gasteiger partial charge >= 0.3 is 6.18 Å². The van der Waals surface area contributed by atoms with Crippen molar-refractivity contribution in [2.24, 2.45) is 0 Å². The van der Waals surface area contributed by atoms with E-state index in [1.54, 1.807) is 0 Å². The lowest BCUT2D eigenvalue weighted by atomic mass is 10.1. The number of hydrogen-bond acceptors (Lipinski definition) is 5. The highest BCUT2D eigenvalue weighted by molar-refractivity contribution is 7.90. The van der Waals surface area contributed by atoms with Crippen molar-refractivity contribution in [3.05, 3.63) is 23.3 Å². The Balaban J connectivity index is 0.000000463. The van der Waals surface area contributed by atoms with Gasteiger partial charge in [0, 0.05) is 6.07 Å². The zero-order chi connectivity index (χ0) is 17.8. The molecule has 0 atom stereocenters. The number of amides is 1. The third kappa shape index (κ3) is 4.35. The van der Waals surface area contributed by atoms with Gasteiger partial charge in [-0.2, -0.15) is 13.2 Å². The Morgan fingerprint density at radius 3 is 2.17 bits per heavy atom. The summed E-state index contributed by atoms with van der Waals surface area (Å²) in [6.07, 6.45) is -4.85. The number of carbonyl (C=O) groups excluding carboxylic acids is 1. The van der Waals surface area contributed by atoms with Crippen LogP contribution in [-0.4, -0.2) is 34.5 Å². The molecule has 0 radical (unpaired) electrons. The number of fused-ring (bicyclic) bond motifs is 1. The first kappa shape index (κ1) is 19.2. The molecule has 0 saturated carbocycles. The molecule has 1 heterocycles. The quantitative estimate of drug-likeness (QED) is 0.864. The molecule has 1 aliphatic rings. The summed E-state index contributed by atoms with van der Waals surface area (Å²) >= 11 is 0. The predicted octanol–water partition coefficient (Wildman–Crippen LogP) is 1.76. The summed E-state index contributed by atoms with van der Waals surface area (Å²) in [6.45, 7) is 6.39. The number of halogens is 3. The van der Waals surface area contributed by atoms with Crippen LogP contribution in [0, 0.1) is 0 Å². The molecule has 0 spiro atoms. The van der Waals surface area contributed by atoms with Gasteiger partial charge in [0.2, 0.25) is 0 Å². The molecule has 23 heavy (non-hydrogen) atoms. The van der Waals surface area contributed by atoms with Crippen LogP contribution in [0.2, 0.25) is 0 Å². The molecular weight excluding hydrogens is 337 g/mol. The van der Waals surface area contributed by atoms with Gasteiger partial charge in [0.25, 0.3) is 15.9 Å². The number of nitrogens with one attached hydrogen (secondary N) is 2. The van der Waals surface area contributed by atoms with Gasteiger partial charge in [-0.05, 0) is 19.2 Å². The lowest BCUT2D eigenvalue weighted by molar-refractivity contribution is -0.138. The summed E-state index contributed by atoms with van der Waals surface area (Å²) in [4.78, 5) is 10.6. The maximum absolute atomic E-state index is 12.8. The van der Waals surface area contributed by atoms with E-state index in [2.05, 4.69) is 23.9 Å². The topological polar surface area (TPSA) is 84.5 Å². The summed E-state index contributed by atoms with van der Waals surface area (Å²) in [5, 5.41) is 3.11. The van der Waals surface area contributed by atoms with E-state index in [9.17, 15) is 26.4 Å². The molecule has 1 aromatic rings. The van der Waals surface area contributed by atoms with Crippen LogP contribution < -0.4 is 14.8 Å². The van der Waals surface area contributed by atoms with Crippen LogP contribution >= 0.6 is 0 Å². The third-order valence-corrected chi connectivity index (χ3v) is 4.22. The maximum atomic E-state index is 12.8. The zero-order valence-electron chi connectivity index (χ0n) is 12.7. The molecule has 6 nitrogen and oxygen atoms in total. The van der Waals surface area contributed by atoms with Crippen molar-refractivity contribution in [3.8, 4) is 5.75 Å². The van der Waals surface area contributed by atoms with Crippen molar-refractivity contribution in [1.82, 2.24) is 10.0 Å². The Morgan fingerprint density at radius 1 is 1.22 bits per heavy atom. The number of ether oxygens (including phenoxy) is 1. The largest absolute Gasteiger partial charge is 0.497 e. The van der Waals surface area contributed by atoms with Crippen molar-refractivity contribution in [3.63, 3.8) is 0 Å². The van der Waals surface area contributed by atoms with E-state index in [0.717, 1.165) is 26.3 Å². The summed E-state index contributed by atoms with van der Waals surface area (Å²) in [5.41, 5.74) is -2.24.